The Balaban J connectivity index is 1.58. The first-order chi connectivity index (χ1) is 6.88. The van der Waals surface area contributed by atoms with Crippen molar-refractivity contribution >= 4 is 0 Å². The van der Waals surface area contributed by atoms with Crippen LogP contribution in [0.1, 0.15) is 19.8 Å². The van der Waals surface area contributed by atoms with Gasteiger partial charge in [0, 0.05) is 19.6 Å². The zero-order chi connectivity index (χ0) is 9.80. The minimum atomic E-state index is 0.419. The van der Waals surface area contributed by atoms with Crippen LogP contribution in [0, 0.1) is 5.92 Å². The number of morpholine rings is 1. The summed E-state index contributed by atoms with van der Waals surface area (Å²) in [5, 5.41) is 3.51. The Bertz CT molecular complexity index is 171. The van der Waals surface area contributed by atoms with Crippen LogP contribution in [-0.2, 0) is 4.74 Å². The zero-order valence-corrected chi connectivity index (χ0v) is 9.17. The molecule has 14 heavy (non-hydrogen) atoms. The number of nitrogens with zero attached hydrogens (tertiary/aromatic N) is 1. The van der Waals surface area contributed by atoms with E-state index in [9.17, 15) is 0 Å². The SMILES string of the molecule is CCN1CCOC(CNCC2CC2)C1. The van der Waals surface area contributed by atoms with Gasteiger partial charge in [-0.05, 0) is 31.8 Å². The maximum atomic E-state index is 5.71. The van der Waals surface area contributed by atoms with Crippen LogP contribution in [0.15, 0.2) is 0 Å². The smallest absolute Gasteiger partial charge is 0.0826 e. The molecule has 3 nitrogen and oxygen atoms in total. The lowest BCUT2D eigenvalue weighted by molar-refractivity contribution is -0.0252. The summed E-state index contributed by atoms with van der Waals surface area (Å²) in [5.74, 6) is 0.973. The maximum Gasteiger partial charge on any atom is 0.0826 e. The van der Waals surface area contributed by atoms with Gasteiger partial charge in [0.05, 0.1) is 12.7 Å². The average molecular weight is 198 g/mol. The number of likely N-dealkylation sites (N-methyl/N-ethyl adjacent to an activating group) is 1. The van der Waals surface area contributed by atoms with E-state index in [-0.39, 0.29) is 0 Å². The molecule has 0 aromatic rings. The molecule has 1 saturated heterocycles. The van der Waals surface area contributed by atoms with E-state index in [1.54, 1.807) is 0 Å². The van der Waals surface area contributed by atoms with Gasteiger partial charge in [-0.2, -0.15) is 0 Å². The topological polar surface area (TPSA) is 24.5 Å². The van der Waals surface area contributed by atoms with E-state index < -0.39 is 0 Å². The Kier molecular flexibility index (Phi) is 3.79. The summed E-state index contributed by atoms with van der Waals surface area (Å²) >= 11 is 0. The van der Waals surface area contributed by atoms with E-state index in [2.05, 4.69) is 17.1 Å². The summed E-state index contributed by atoms with van der Waals surface area (Å²) in [7, 11) is 0. The third kappa shape index (κ3) is 3.23. The number of hydrogen-bond donors (Lipinski definition) is 1. The van der Waals surface area contributed by atoms with Crippen molar-refractivity contribution < 1.29 is 4.74 Å². The fourth-order valence-corrected chi connectivity index (χ4v) is 1.96. The number of ether oxygens (including phenoxy) is 1. The lowest BCUT2D eigenvalue weighted by Crippen LogP contribution is -2.46. The van der Waals surface area contributed by atoms with E-state index in [4.69, 9.17) is 4.74 Å². The molecule has 1 aliphatic carbocycles. The molecule has 0 aromatic heterocycles. The van der Waals surface area contributed by atoms with Crippen LogP contribution < -0.4 is 5.32 Å². The molecule has 1 saturated carbocycles. The lowest BCUT2D eigenvalue weighted by Gasteiger charge is -2.32. The highest BCUT2D eigenvalue weighted by molar-refractivity contribution is 4.78. The molecule has 1 N–H and O–H groups in total. The third-order valence-corrected chi connectivity index (χ3v) is 3.17. The Morgan fingerprint density at radius 2 is 2.21 bits per heavy atom. The molecular formula is C11H22N2O. The number of rotatable bonds is 5. The molecule has 0 aromatic carbocycles. The maximum absolute atomic E-state index is 5.71. The molecule has 0 amide bonds. The minimum Gasteiger partial charge on any atom is -0.374 e. The molecule has 0 bridgehead atoms. The first-order valence-electron chi connectivity index (χ1n) is 5.93. The molecule has 1 unspecified atom stereocenters. The van der Waals surface area contributed by atoms with E-state index in [0.717, 1.165) is 38.7 Å². The predicted octanol–water partition coefficient (Wildman–Crippen LogP) is 0.707. The standard InChI is InChI=1S/C11H22N2O/c1-2-13-5-6-14-11(9-13)8-12-7-10-3-4-10/h10-12H,2-9H2,1H3. The normalized spacial score (nSPS) is 29.4. The second-order valence-electron chi connectivity index (χ2n) is 4.49. The minimum absolute atomic E-state index is 0.419. The fourth-order valence-electron chi connectivity index (χ4n) is 1.96. The van der Waals surface area contributed by atoms with Crippen molar-refractivity contribution in [1.82, 2.24) is 10.2 Å². The first-order valence-corrected chi connectivity index (χ1v) is 5.93. The quantitative estimate of drug-likeness (QED) is 0.704. The Hall–Kier alpha value is -0.120. The molecule has 2 aliphatic rings. The van der Waals surface area contributed by atoms with Crippen LogP contribution in [0.5, 0.6) is 0 Å². The molecule has 82 valence electrons. The van der Waals surface area contributed by atoms with Gasteiger partial charge in [-0.3, -0.25) is 4.90 Å². The summed E-state index contributed by atoms with van der Waals surface area (Å²) in [5.41, 5.74) is 0. The summed E-state index contributed by atoms with van der Waals surface area (Å²) in [6.07, 6.45) is 3.28. The largest absolute Gasteiger partial charge is 0.374 e. The van der Waals surface area contributed by atoms with Gasteiger partial charge in [-0.25, -0.2) is 0 Å². The van der Waals surface area contributed by atoms with E-state index in [1.165, 1.54) is 19.4 Å². The summed E-state index contributed by atoms with van der Waals surface area (Å²) < 4.78 is 5.71. The molecule has 0 spiro atoms. The van der Waals surface area contributed by atoms with Crippen LogP contribution in [0.25, 0.3) is 0 Å². The van der Waals surface area contributed by atoms with Crippen molar-refractivity contribution in [1.29, 1.82) is 0 Å². The second-order valence-corrected chi connectivity index (χ2v) is 4.49. The van der Waals surface area contributed by atoms with Crippen LogP contribution in [-0.4, -0.2) is 50.3 Å². The molecule has 0 radical (unpaired) electrons. The lowest BCUT2D eigenvalue weighted by atomic mass is 10.2. The highest BCUT2D eigenvalue weighted by atomic mass is 16.5. The van der Waals surface area contributed by atoms with E-state index >= 15 is 0 Å². The van der Waals surface area contributed by atoms with Crippen LogP contribution in [0.2, 0.25) is 0 Å². The van der Waals surface area contributed by atoms with Gasteiger partial charge in [0.2, 0.25) is 0 Å². The summed E-state index contributed by atoms with van der Waals surface area (Å²) in [6.45, 7) is 8.73. The predicted molar refractivity (Wildman–Crippen MR) is 57.4 cm³/mol. The molecule has 1 atom stereocenters. The fraction of sp³-hybridized carbons (Fsp3) is 1.00. The Morgan fingerprint density at radius 1 is 1.36 bits per heavy atom. The van der Waals surface area contributed by atoms with Gasteiger partial charge < -0.3 is 10.1 Å². The molecule has 2 fully saturated rings. The second kappa shape index (κ2) is 5.10. The molecule has 1 aliphatic heterocycles. The van der Waals surface area contributed by atoms with Crippen LogP contribution in [0.4, 0.5) is 0 Å². The summed E-state index contributed by atoms with van der Waals surface area (Å²) in [4.78, 5) is 2.47. The van der Waals surface area contributed by atoms with Crippen molar-refractivity contribution in [3.8, 4) is 0 Å². The van der Waals surface area contributed by atoms with Gasteiger partial charge >= 0.3 is 0 Å². The third-order valence-electron chi connectivity index (χ3n) is 3.17. The van der Waals surface area contributed by atoms with Crippen LogP contribution >= 0.6 is 0 Å². The average Bonchev–Trinajstić information content (AvgIpc) is 3.02. The zero-order valence-electron chi connectivity index (χ0n) is 9.17. The van der Waals surface area contributed by atoms with Crippen LogP contribution in [0.3, 0.4) is 0 Å². The van der Waals surface area contributed by atoms with Crippen molar-refractivity contribution in [2.45, 2.75) is 25.9 Å². The van der Waals surface area contributed by atoms with E-state index in [0.29, 0.717) is 6.10 Å². The van der Waals surface area contributed by atoms with Gasteiger partial charge in [-0.15, -0.1) is 0 Å². The van der Waals surface area contributed by atoms with Crippen molar-refractivity contribution in [2.75, 3.05) is 39.3 Å². The van der Waals surface area contributed by atoms with Gasteiger partial charge in [0.1, 0.15) is 0 Å². The van der Waals surface area contributed by atoms with Gasteiger partial charge in [0.15, 0.2) is 0 Å². The van der Waals surface area contributed by atoms with Crippen molar-refractivity contribution in [2.24, 2.45) is 5.92 Å². The highest BCUT2D eigenvalue weighted by Crippen LogP contribution is 2.27. The van der Waals surface area contributed by atoms with Gasteiger partial charge in [-0.1, -0.05) is 6.92 Å². The molecular weight excluding hydrogens is 176 g/mol. The highest BCUT2D eigenvalue weighted by Gasteiger charge is 2.22. The van der Waals surface area contributed by atoms with E-state index in [1.807, 2.05) is 0 Å². The van der Waals surface area contributed by atoms with Crippen molar-refractivity contribution in [3.05, 3.63) is 0 Å². The van der Waals surface area contributed by atoms with Crippen molar-refractivity contribution in [3.63, 3.8) is 0 Å². The molecule has 3 heteroatoms. The van der Waals surface area contributed by atoms with Gasteiger partial charge in [0.25, 0.3) is 0 Å². The molecule has 2 rings (SSSR count). The number of hydrogen-bond acceptors (Lipinski definition) is 3. The monoisotopic (exact) mass is 198 g/mol. The molecule has 1 heterocycles. The Morgan fingerprint density at radius 3 is 2.93 bits per heavy atom. The number of nitrogens with one attached hydrogen (secondary N) is 1. The summed E-state index contributed by atoms with van der Waals surface area (Å²) in [6, 6.07) is 0. The first kappa shape index (κ1) is 10.4. The Labute approximate surface area is 86.8 Å².